The lowest BCUT2D eigenvalue weighted by atomic mass is 9.77. The lowest BCUT2D eigenvalue weighted by Crippen LogP contribution is -2.29. The van der Waals surface area contributed by atoms with Gasteiger partial charge in [-0.3, -0.25) is 4.79 Å². The van der Waals surface area contributed by atoms with Gasteiger partial charge in [-0.1, -0.05) is 42.5 Å². The Morgan fingerprint density at radius 2 is 1.84 bits per heavy atom. The number of para-hydroxylation sites is 1. The fourth-order valence-electron chi connectivity index (χ4n) is 4.64. The number of anilines is 1. The van der Waals surface area contributed by atoms with Crippen LogP contribution in [0, 0.1) is 5.92 Å². The van der Waals surface area contributed by atoms with Crippen LogP contribution in [0.3, 0.4) is 0 Å². The van der Waals surface area contributed by atoms with Crippen LogP contribution in [0.2, 0.25) is 0 Å². The molecule has 3 aromatic carbocycles. The highest BCUT2D eigenvalue weighted by Crippen LogP contribution is 2.49. The minimum absolute atomic E-state index is 0.218. The number of carbonyl (C=O) groups excluding carboxylic acids is 1. The Labute approximate surface area is 187 Å². The Morgan fingerprint density at radius 3 is 2.62 bits per heavy atom. The zero-order valence-electron chi connectivity index (χ0n) is 17.9. The number of carbonyl (C=O) groups is 1. The standard InChI is InChI=1S/C27H25N3O2/c1-32-21-15-9-18(10-16-21)17-28-30-27(31)20-13-11-19(12-14-20)26-24-7-4-6-22(24)23-5-2-3-8-25(23)29-26/h2-6,8-17,22,24,26,29H,7H2,1H3,(H,30,31)/b28-17-/t22-,24-,26+/m1/s1. The van der Waals surface area contributed by atoms with Crippen LogP contribution in [0.1, 0.15) is 45.4 Å². The summed E-state index contributed by atoms with van der Waals surface area (Å²) in [4.78, 5) is 12.5. The fraction of sp³-hybridized carbons (Fsp3) is 0.185. The molecule has 0 unspecified atom stereocenters. The summed E-state index contributed by atoms with van der Waals surface area (Å²) in [6.07, 6.45) is 7.29. The minimum atomic E-state index is -0.233. The summed E-state index contributed by atoms with van der Waals surface area (Å²) in [7, 11) is 1.63. The number of ether oxygens (including phenoxy) is 1. The SMILES string of the molecule is COc1ccc(/C=N\NC(=O)c2ccc([C@@H]3Nc4ccccc4[C@H]4C=CC[C@H]43)cc2)cc1. The van der Waals surface area contributed by atoms with Gasteiger partial charge in [0.1, 0.15) is 5.75 Å². The molecule has 1 heterocycles. The lowest BCUT2D eigenvalue weighted by molar-refractivity contribution is 0.0955. The Balaban J connectivity index is 1.27. The first kappa shape index (κ1) is 20.1. The summed E-state index contributed by atoms with van der Waals surface area (Å²) in [6, 6.07) is 24.0. The number of rotatable bonds is 5. The molecule has 3 aromatic rings. The number of nitrogens with one attached hydrogen (secondary N) is 2. The Bertz CT molecular complexity index is 1170. The summed E-state index contributed by atoms with van der Waals surface area (Å²) >= 11 is 0. The average molecular weight is 424 g/mol. The Kier molecular flexibility index (Phi) is 5.46. The number of allylic oxidation sites excluding steroid dienone is 2. The average Bonchev–Trinajstić information content (AvgIpc) is 3.34. The molecule has 0 spiro atoms. The van der Waals surface area contributed by atoms with Gasteiger partial charge in [0.15, 0.2) is 0 Å². The van der Waals surface area contributed by atoms with Crippen molar-refractivity contribution in [1.29, 1.82) is 0 Å². The fourth-order valence-corrected chi connectivity index (χ4v) is 4.64. The largest absolute Gasteiger partial charge is 0.497 e. The second-order valence-corrected chi connectivity index (χ2v) is 8.16. The molecule has 32 heavy (non-hydrogen) atoms. The third kappa shape index (κ3) is 3.89. The van der Waals surface area contributed by atoms with Crippen molar-refractivity contribution < 1.29 is 9.53 Å². The van der Waals surface area contributed by atoms with Crippen LogP contribution in [0.5, 0.6) is 5.75 Å². The topological polar surface area (TPSA) is 62.7 Å². The Morgan fingerprint density at radius 1 is 1.06 bits per heavy atom. The zero-order chi connectivity index (χ0) is 21.9. The molecule has 2 aliphatic rings. The predicted octanol–water partition coefficient (Wildman–Crippen LogP) is 5.29. The van der Waals surface area contributed by atoms with Crippen molar-refractivity contribution in [2.45, 2.75) is 18.4 Å². The van der Waals surface area contributed by atoms with Crippen molar-refractivity contribution in [2.24, 2.45) is 11.0 Å². The molecule has 1 aliphatic carbocycles. The molecule has 0 fully saturated rings. The van der Waals surface area contributed by atoms with Gasteiger partial charge in [0.25, 0.3) is 5.91 Å². The molecule has 5 nitrogen and oxygen atoms in total. The molecule has 5 rings (SSSR count). The Hall–Kier alpha value is -3.86. The first-order valence-electron chi connectivity index (χ1n) is 10.8. The number of benzene rings is 3. The van der Waals surface area contributed by atoms with E-state index < -0.39 is 0 Å². The van der Waals surface area contributed by atoms with Gasteiger partial charge in [-0.2, -0.15) is 5.10 Å². The number of amides is 1. The van der Waals surface area contributed by atoms with Crippen LogP contribution in [0.15, 0.2) is 90.0 Å². The van der Waals surface area contributed by atoms with E-state index in [9.17, 15) is 4.79 Å². The molecular weight excluding hydrogens is 398 g/mol. The molecule has 1 amide bonds. The van der Waals surface area contributed by atoms with Crippen LogP contribution < -0.4 is 15.5 Å². The maximum absolute atomic E-state index is 12.5. The van der Waals surface area contributed by atoms with E-state index in [-0.39, 0.29) is 11.9 Å². The molecule has 0 radical (unpaired) electrons. The molecule has 0 aromatic heterocycles. The molecule has 160 valence electrons. The number of fused-ring (bicyclic) bond motifs is 3. The van der Waals surface area contributed by atoms with E-state index in [0.29, 0.717) is 17.4 Å². The highest BCUT2D eigenvalue weighted by atomic mass is 16.5. The van der Waals surface area contributed by atoms with Crippen LogP contribution in [-0.4, -0.2) is 19.2 Å². The van der Waals surface area contributed by atoms with E-state index in [0.717, 1.165) is 17.7 Å². The normalized spacial score (nSPS) is 21.0. The van der Waals surface area contributed by atoms with Crippen LogP contribution in [0.4, 0.5) is 5.69 Å². The van der Waals surface area contributed by atoms with E-state index in [1.165, 1.54) is 16.8 Å². The number of methoxy groups -OCH3 is 1. The van der Waals surface area contributed by atoms with Crippen molar-refractivity contribution >= 4 is 17.8 Å². The predicted molar refractivity (Wildman–Crippen MR) is 127 cm³/mol. The van der Waals surface area contributed by atoms with E-state index in [1.54, 1.807) is 13.3 Å². The van der Waals surface area contributed by atoms with Gasteiger partial charge >= 0.3 is 0 Å². The second-order valence-electron chi connectivity index (χ2n) is 8.16. The number of hydrogen-bond acceptors (Lipinski definition) is 4. The summed E-state index contributed by atoms with van der Waals surface area (Å²) in [5, 5.41) is 7.79. The van der Waals surface area contributed by atoms with Gasteiger partial charge in [0, 0.05) is 17.2 Å². The molecule has 2 N–H and O–H groups in total. The molecule has 3 atom stereocenters. The highest BCUT2D eigenvalue weighted by molar-refractivity contribution is 5.94. The zero-order valence-corrected chi connectivity index (χ0v) is 17.9. The lowest BCUT2D eigenvalue weighted by Gasteiger charge is -2.37. The van der Waals surface area contributed by atoms with Gasteiger partial charge in [0.2, 0.25) is 0 Å². The maximum Gasteiger partial charge on any atom is 0.271 e. The third-order valence-electron chi connectivity index (χ3n) is 6.30. The summed E-state index contributed by atoms with van der Waals surface area (Å²) in [6.45, 7) is 0. The maximum atomic E-state index is 12.5. The highest BCUT2D eigenvalue weighted by Gasteiger charge is 2.37. The first-order chi connectivity index (χ1) is 15.7. The van der Waals surface area contributed by atoms with Gasteiger partial charge in [0.05, 0.1) is 19.4 Å². The van der Waals surface area contributed by atoms with Crippen LogP contribution >= 0.6 is 0 Å². The van der Waals surface area contributed by atoms with Gasteiger partial charge in [-0.05, 0) is 71.5 Å². The smallest absolute Gasteiger partial charge is 0.271 e. The van der Waals surface area contributed by atoms with Crippen molar-refractivity contribution in [3.63, 3.8) is 0 Å². The summed E-state index contributed by atoms with van der Waals surface area (Å²) in [5.74, 6) is 1.47. The van der Waals surface area contributed by atoms with E-state index in [1.807, 2.05) is 48.5 Å². The molecule has 1 aliphatic heterocycles. The summed E-state index contributed by atoms with van der Waals surface area (Å²) < 4.78 is 5.14. The number of nitrogens with zero attached hydrogens (tertiary/aromatic N) is 1. The quantitative estimate of drug-likeness (QED) is 0.333. The third-order valence-corrected chi connectivity index (χ3v) is 6.30. The van der Waals surface area contributed by atoms with Crippen LogP contribution in [0.25, 0.3) is 0 Å². The van der Waals surface area contributed by atoms with E-state index in [2.05, 4.69) is 52.3 Å². The molecule has 5 heteroatoms. The van der Waals surface area contributed by atoms with E-state index in [4.69, 9.17) is 4.74 Å². The van der Waals surface area contributed by atoms with Gasteiger partial charge < -0.3 is 10.1 Å². The number of hydrogen-bond donors (Lipinski definition) is 2. The van der Waals surface area contributed by atoms with Crippen molar-refractivity contribution in [2.75, 3.05) is 12.4 Å². The van der Waals surface area contributed by atoms with Crippen LogP contribution in [-0.2, 0) is 0 Å². The minimum Gasteiger partial charge on any atom is -0.497 e. The molecule has 0 saturated heterocycles. The first-order valence-corrected chi connectivity index (χ1v) is 10.8. The van der Waals surface area contributed by atoms with E-state index >= 15 is 0 Å². The van der Waals surface area contributed by atoms with Crippen molar-refractivity contribution in [3.05, 3.63) is 107 Å². The molecule has 0 bridgehead atoms. The second kappa shape index (κ2) is 8.71. The van der Waals surface area contributed by atoms with Gasteiger partial charge in [-0.15, -0.1) is 0 Å². The van der Waals surface area contributed by atoms with Crippen molar-refractivity contribution in [1.82, 2.24) is 5.43 Å². The molecular formula is C27H25N3O2. The monoisotopic (exact) mass is 423 g/mol. The number of hydrazone groups is 1. The molecule has 0 saturated carbocycles. The summed E-state index contributed by atoms with van der Waals surface area (Å²) in [5.41, 5.74) is 7.81. The van der Waals surface area contributed by atoms with Gasteiger partial charge in [-0.25, -0.2) is 5.43 Å². The van der Waals surface area contributed by atoms with Crippen molar-refractivity contribution in [3.8, 4) is 5.75 Å².